The number of thiocarbonyl (C=S) groups is 1. The monoisotopic (exact) mass is 341 g/mol. The zero-order chi connectivity index (χ0) is 17.5. The fourth-order valence-electron chi connectivity index (χ4n) is 2.53. The van der Waals surface area contributed by atoms with E-state index in [-0.39, 0.29) is 0 Å². The number of anilines is 1. The van der Waals surface area contributed by atoms with Crippen molar-refractivity contribution in [1.82, 2.24) is 10.2 Å². The van der Waals surface area contributed by atoms with Gasteiger partial charge in [-0.15, -0.1) is 0 Å². The molecule has 0 radical (unpaired) electrons. The second-order valence-electron chi connectivity index (χ2n) is 6.44. The van der Waals surface area contributed by atoms with Gasteiger partial charge in [0.1, 0.15) is 0 Å². The van der Waals surface area contributed by atoms with Crippen LogP contribution in [0.3, 0.4) is 0 Å². The molecule has 2 aromatic carbocycles. The summed E-state index contributed by atoms with van der Waals surface area (Å²) in [5.41, 5.74) is 4.92. The SMILES string of the molecule is Cc1ccc(NC(=S)NC[C@@H](Cc2ccccc2)N(C)C)cc1C. The Morgan fingerprint density at radius 3 is 2.38 bits per heavy atom. The summed E-state index contributed by atoms with van der Waals surface area (Å²) in [5.74, 6) is 0. The normalized spacial score (nSPS) is 12.0. The molecule has 0 fully saturated rings. The molecule has 2 aromatic rings. The molecule has 0 unspecified atom stereocenters. The van der Waals surface area contributed by atoms with E-state index in [1.165, 1.54) is 16.7 Å². The molecule has 1 atom stereocenters. The predicted molar refractivity (Wildman–Crippen MR) is 108 cm³/mol. The standard InChI is InChI=1S/C20H27N3S/c1-15-10-11-18(12-16(15)2)22-20(24)21-14-19(23(3)4)13-17-8-6-5-7-9-17/h5-12,19H,13-14H2,1-4H3,(H2,21,22,24)/t19-/m1/s1. The Bertz CT molecular complexity index is 668. The van der Waals surface area contributed by atoms with E-state index < -0.39 is 0 Å². The summed E-state index contributed by atoms with van der Waals surface area (Å²) in [6.45, 7) is 5.03. The first kappa shape index (κ1) is 18.4. The molecular weight excluding hydrogens is 314 g/mol. The molecule has 4 heteroatoms. The lowest BCUT2D eigenvalue weighted by atomic mass is 10.1. The molecule has 0 bridgehead atoms. The molecule has 2 N–H and O–H groups in total. The summed E-state index contributed by atoms with van der Waals surface area (Å²) in [4.78, 5) is 2.23. The molecule has 128 valence electrons. The zero-order valence-corrected chi connectivity index (χ0v) is 15.8. The lowest BCUT2D eigenvalue weighted by molar-refractivity contribution is 0.291. The molecule has 2 rings (SSSR count). The highest BCUT2D eigenvalue weighted by Gasteiger charge is 2.12. The first-order valence-electron chi connectivity index (χ1n) is 8.28. The lowest BCUT2D eigenvalue weighted by Crippen LogP contribution is -2.42. The Hall–Kier alpha value is -1.91. The third-order valence-corrected chi connectivity index (χ3v) is 4.55. The Kier molecular flexibility index (Phi) is 6.76. The molecule has 0 spiro atoms. The van der Waals surface area contributed by atoms with Crippen LogP contribution in [0.1, 0.15) is 16.7 Å². The van der Waals surface area contributed by atoms with Gasteiger partial charge in [0.15, 0.2) is 5.11 Å². The minimum atomic E-state index is 0.381. The molecule has 3 nitrogen and oxygen atoms in total. The van der Waals surface area contributed by atoms with Crippen molar-refractivity contribution in [3.05, 3.63) is 65.2 Å². The highest BCUT2D eigenvalue weighted by Crippen LogP contribution is 2.14. The van der Waals surface area contributed by atoms with E-state index in [9.17, 15) is 0 Å². The van der Waals surface area contributed by atoms with Crippen molar-refractivity contribution >= 4 is 23.0 Å². The van der Waals surface area contributed by atoms with Crippen molar-refractivity contribution in [3.63, 3.8) is 0 Å². The summed E-state index contributed by atoms with van der Waals surface area (Å²) >= 11 is 5.44. The number of benzene rings is 2. The first-order chi connectivity index (χ1) is 11.5. The van der Waals surface area contributed by atoms with E-state index >= 15 is 0 Å². The number of hydrogen-bond acceptors (Lipinski definition) is 2. The minimum Gasteiger partial charge on any atom is -0.361 e. The van der Waals surface area contributed by atoms with E-state index in [1.807, 2.05) is 0 Å². The third-order valence-electron chi connectivity index (χ3n) is 4.31. The Balaban J connectivity index is 1.89. The van der Waals surface area contributed by atoms with Gasteiger partial charge in [0.2, 0.25) is 0 Å². The van der Waals surface area contributed by atoms with Crippen LogP contribution in [0.25, 0.3) is 0 Å². The Morgan fingerprint density at radius 2 is 1.75 bits per heavy atom. The maximum atomic E-state index is 5.44. The smallest absolute Gasteiger partial charge is 0.170 e. The van der Waals surface area contributed by atoms with Gasteiger partial charge < -0.3 is 15.5 Å². The molecule has 0 saturated heterocycles. The van der Waals surface area contributed by atoms with Crippen LogP contribution in [0.2, 0.25) is 0 Å². The Labute approximate surface area is 151 Å². The summed E-state index contributed by atoms with van der Waals surface area (Å²) in [5, 5.41) is 7.28. The lowest BCUT2D eigenvalue weighted by Gasteiger charge is -2.25. The van der Waals surface area contributed by atoms with Gasteiger partial charge in [-0.3, -0.25) is 0 Å². The summed E-state index contributed by atoms with van der Waals surface area (Å²) in [7, 11) is 4.21. The number of rotatable bonds is 6. The maximum absolute atomic E-state index is 5.44. The van der Waals surface area contributed by atoms with Crippen molar-refractivity contribution in [1.29, 1.82) is 0 Å². The Morgan fingerprint density at radius 1 is 1.04 bits per heavy atom. The van der Waals surface area contributed by atoms with Crippen molar-refractivity contribution < 1.29 is 0 Å². The number of likely N-dealkylation sites (N-methyl/N-ethyl adjacent to an activating group) is 1. The van der Waals surface area contributed by atoms with Crippen LogP contribution in [0, 0.1) is 13.8 Å². The van der Waals surface area contributed by atoms with Crippen LogP contribution in [0.15, 0.2) is 48.5 Å². The van der Waals surface area contributed by atoms with Gasteiger partial charge >= 0.3 is 0 Å². The summed E-state index contributed by atoms with van der Waals surface area (Å²) < 4.78 is 0. The van der Waals surface area contributed by atoms with Crippen LogP contribution in [-0.2, 0) is 6.42 Å². The van der Waals surface area contributed by atoms with Crippen molar-refractivity contribution in [3.8, 4) is 0 Å². The number of nitrogens with zero attached hydrogens (tertiary/aromatic N) is 1. The zero-order valence-electron chi connectivity index (χ0n) is 15.0. The topological polar surface area (TPSA) is 27.3 Å². The highest BCUT2D eigenvalue weighted by atomic mass is 32.1. The van der Waals surface area contributed by atoms with Gasteiger partial charge in [0, 0.05) is 18.3 Å². The molecule has 0 aromatic heterocycles. The highest BCUT2D eigenvalue weighted by molar-refractivity contribution is 7.80. The fraction of sp³-hybridized carbons (Fsp3) is 0.350. The van der Waals surface area contributed by atoms with Gasteiger partial charge in [0.05, 0.1) is 0 Å². The van der Waals surface area contributed by atoms with Gasteiger partial charge in [-0.1, -0.05) is 36.4 Å². The van der Waals surface area contributed by atoms with E-state index in [2.05, 4.69) is 92.0 Å². The van der Waals surface area contributed by atoms with Crippen LogP contribution < -0.4 is 10.6 Å². The van der Waals surface area contributed by atoms with Crippen molar-refractivity contribution in [2.45, 2.75) is 26.3 Å². The van der Waals surface area contributed by atoms with Crippen LogP contribution in [0.5, 0.6) is 0 Å². The predicted octanol–water partition coefficient (Wildman–Crippen LogP) is 3.76. The first-order valence-corrected chi connectivity index (χ1v) is 8.69. The van der Waals surface area contributed by atoms with Gasteiger partial charge in [-0.25, -0.2) is 0 Å². The molecule has 0 aliphatic rings. The molecule has 0 heterocycles. The molecule has 24 heavy (non-hydrogen) atoms. The molecule has 0 aliphatic heterocycles. The molecule has 0 saturated carbocycles. The second-order valence-corrected chi connectivity index (χ2v) is 6.85. The summed E-state index contributed by atoms with van der Waals surface area (Å²) in [6, 6.07) is 17.2. The molecule has 0 aliphatic carbocycles. The van der Waals surface area contributed by atoms with Gasteiger partial charge in [-0.05, 0) is 75.4 Å². The number of nitrogens with one attached hydrogen (secondary N) is 2. The second kappa shape index (κ2) is 8.81. The fourth-order valence-corrected chi connectivity index (χ4v) is 2.73. The van der Waals surface area contributed by atoms with Crippen LogP contribution in [0.4, 0.5) is 5.69 Å². The quantitative estimate of drug-likeness (QED) is 0.782. The molecule has 0 amide bonds. The maximum Gasteiger partial charge on any atom is 0.170 e. The van der Waals surface area contributed by atoms with Crippen LogP contribution in [-0.4, -0.2) is 36.7 Å². The van der Waals surface area contributed by atoms with Gasteiger partial charge in [0.25, 0.3) is 0 Å². The minimum absolute atomic E-state index is 0.381. The average molecular weight is 342 g/mol. The van der Waals surface area contributed by atoms with Crippen molar-refractivity contribution in [2.75, 3.05) is 26.0 Å². The number of hydrogen-bond donors (Lipinski definition) is 2. The van der Waals surface area contributed by atoms with E-state index in [1.54, 1.807) is 0 Å². The van der Waals surface area contributed by atoms with E-state index in [4.69, 9.17) is 12.2 Å². The third kappa shape index (κ3) is 5.62. The van der Waals surface area contributed by atoms with Crippen LogP contribution >= 0.6 is 12.2 Å². The van der Waals surface area contributed by atoms with E-state index in [0.717, 1.165) is 18.7 Å². The summed E-state index contributed by atoms with van der Waals surface area (Å²) in [6.07, 6.45) is 0.993. The molecular formula is C20H27N3S. The van der Waals surface area contributed by atoms with E-state index in [0.29, 0.717) is 11.2 Å². The largest absolute Gasteiger partial charge is 0.361 e. The van der Waals surface area contributed by atoms with Gasteiger partial charge in [-0.2, -0.15) is 0 Å². The average Bonchev–Trinajstić information content (AvgIpc) is 2.55. The van der Waals surface area contributed by atoms with Crippen molar-refractivity contribution in [2.24, 2.45) is 0 Å². The number of aryl methyl sites for hydroxylation is 2.